The van der Waals surface area contributed by atoms with Crippen molar-refractivity contribution in [2.75, 3.05) is 0 Å². The fourth-order valence-electron chi connectivity index (χ4n) is 1.31. The van der Waals surface area contributed by atoms with Crippen LogP contribution in [0.5, 0.6) is 0 Å². The molecule has 2 aromatic carbocycles. The highest BCUT2D eigenvalue weighted by atomic mass is 16.4. The van der Waals surface area contributed by atoms with Gasteiger partial charge < -0.3 is 5.11 Å². The van der Waals surface area contributed by atoms with Crippen LogP contribution in [0.4, 0.5) is 0 Å². The van der Waals surface area contributed by atoms with Crippen LogP contribution in [0.15, 0.2) is 42.5 Å². The van der Waals surface area contributed by atoms with E-state index in [-0.39, 0.29) is 0 Å². The molecule has 0 saturated carbocycles. The smallest absolute Gasteiger partial charge is 0.300 e. The molecule has 0 aliphatic carbocycles. The van der Waals surface area contributed by atoms with Crippen molar-refractivity contribution >= 4 is 16.7 Å². The number of aliphatic carboxylic acids is 1. The number of rotatable bonds is 0. The van der Waals surface area contributed by atoms with Gasteiger partial charge in [-0.15, -0.1) is 0 Å². The summed E-state index contributed by atoms with van der Waals surface area (Å²) < 4.78 is 0. The van der Waals surface area contributed by atoms with Crippen molar-refractivity contribution < 1.29 is 9.90 Å². The summed E-state index contributed by atoms with van der Waals surface area (Å²) in [5.74, 6) is -0.833. The summed E-state index contributed by atoms with van der Waals surface area (Å²) in [5.41, 5.74) is 1.32. The molecule has 0 radical (unpaired) electrons. The summed E-state index contributed by atoms with van der Waals surface area (Å²) >= 11 is 0. The van der Waals surface area contributed by atoms with Gasteiger partial charge >= 0.3 is 0 Å². The van der Waals surface area contributed by atoms with E-state index in [1.165, 1.54) is 16.3 Å². The molecule has 0 bridgehead atoms. The molecule has 0 fully saturated rings. The maximum atomic E-state index is 9.00. The maximum absolute atomic E-state index is 9.00. The highest BCUT2D eigenvalue weighted by Gasteiger charge is 1.89. The van der Waals surface area contributed by atoms with Crippen LogP contribution in [-0.2, 0) is 4.79 Å². The lowest BCUT2D eigenvalue weighted by Gasteiger charge is -1.96. The van der Waals surface area contributed by atoms with Gasteiger partial charge in [0, 0.05) is 6.92 Å². The van der Waals surface area contributed by atoms with Gasteiger partial charge in [0.15, 0.2) is 0 Å². The quantitative estimate of drug-likeness (QED) is 0.712. The average Bonchev–Trinajstić information content (AvgIpc) is 2.16. The van der Waals surface area contributed by atoms with Crippen LogP contribution in [0, 0.1) is 6.92 Å². The molecule has 0 amide bonds. The van der Waals surface area contributed by atoms with E-state index in [1.54, 1.807) is 0 Å². The van der Waals surface area contributed by atoms with Crippen molar-refractivity contribution in [3.8, 4) is 0 Å². The van der Waals surface area contributed by atoms with E-state index >= 15 is 0 Å². The molecular formula is C13H14O2. The summed E-state index contributed by atoms with van der Waals surface area (Å²) in [4.78, 5) is 9.00. The van der Waals surface area contributed by atoms with Gasteiger partial charge in [-0.25, -0.2) is 0 Å². The molecule has 0 aliphatic heterocycles. The van der Waals surface area contributed by atoms with Gasteiger partial charge in [0.2, 0.25) is 0 Å². The average molecular weight is 202 g/mol. The molecule has 2 heteroatoms. The molecule has 0 unspecified atom stereocenters. The topological polar surface area (TPSA) is 37.3 Å². The van der Waals surface area contributed by atoms with Crippen LogP contribution in [0.25, 0.3) is 10.8 Å². The van der Waals surface area contributed by atoms with Gasteiger partial charge in [0.1, 0.15) is 0 Å². The van der Waals surface area contributed by atoms with Crippen LogP contribution >= 0.6 is 0 Å². The summed E-state index contributed by atoms with van der Waals surface area (Å²) in [6.45, 7) is 3.20. The van der Waals surface area contributed by atoms with Gasteiger partial charge in [-0.3, -0.25) is 4.79 Å². The van der Waals surface area contributed by atoms with Crippen LogP contribution in [-0.4, -0.2) is 11.1 Å². The van der Waals surface area contributed by atoms with Crippen LogP contribution in [0.1, 0.15) is 12.5 Å². The maximum Gasteiger partial charge on any atom is 0.300 e. The Morgan fingerprint density at radius 3 is 2.20 bits per heavy atom. The van der Waals surface area contributed by atoms with Gasteiger partial charge in [-0.05, 0) is 17.7 Å². The van der Waals surface area contributed by atoms with Crippen molar-refractivity contribution in [1.82, 2.24) is 0 Å². The summed E-state index contributed by atoms with van der Waals surface area (Å²) in [5, 5.41) is 10.1. The van der Waals surface area contributed by atoms with E-state index in [9.17, 15) is 0 Å². The molecule has 0 spiro atoms. The summed E-state index contributed by atoms with van der Waals surface area (Å²) in [6.07, 6.45) is 0. The zero-order valence-electron chi connectivity index (χ0n) is 8.90. The number of fused-ring (bicyclic) bond motifs is 1. The zero-order chi connectivity index (χ0) is 11.3. The van der Waals surface area contributed by atoms with Crippen molar-refractivity contribution in [3.05, 3.63) is 48.0 Å². The van der Waals surface area contributed by atoms with Crippen LogP contribution in [0.2, 0.25) is 0 Å². The first kappa shape index (κ1) is 11.2. The predicted octanol–water partition coefficient (Wildman–Crippen LogP) is 3.24. The Balaban J connectivity index is 0.000000245. The van der Waals surface area contributed by atoms with E-state index < -0.39 is 5.97 Å². The molecule has 0 saturated heterocycles. The molecule has 1 N–H and O–H groups in total. The molecule has 0 atom stereocenters. The Morgan fingerprint density at radius 1 is 1.07 bits per heavy atom. The molecule has 2 aromatic rings. The first-order valence-corrected chi connectivity index (χ1v) is 4.74. The number of aryl methyl sites for hydroxylation is 1. The van der Waals surface area contributed by atoms with E-state index in [0.29, 0.717) is 0 Å². The highest BCUT2D eigenvalue weighted by Crippen LogP contribution is 2.14. The number of benzene rings is 2. The Hall–Kier alpha value is -1.83. The Bertz CT molecular complexity index is 457. The number of carboxylic acid groups (broad SMARTS) is 1. The van der Waals surface area contributed by atoms with Crippen molar-refractivity contribution in [1.29, 1.82) is 0 Å². The molecule has 2 rings (SSSR count). The Morgan fingerprint density at radius 2 is 1.60 bits per heavy atom. The molecule has 0 aromatic heterocycles. The molecule has 78 valence electrons. The third-order valence-corrected chi connectivity index (χ3v) is 1.90. The summed E-state index contributed by atoms with van der Waals surface area (Å²) in [6, 6.07) is 14.9. The zero-order valence-corrected chi connectivity index (χ0v) is 8.90. The van der Waals surface area contributed by atoms with E-state index in [0.717, 1.165) is 6.92 Å². The Kier molecular flexibility index (Phi) is 3.86. The SMILES string of the molecule is CC(=O)O.Cc1ccc2ccccc2c1. The first-order valence-electron chi connectivity index (χ1n) is 4.74. The molecule has 0 aliphatic rings. The fourth-order valence-corrected chi connectivity index (χ4v) is 1.31. The largest absolute Gasteiger partial charge is 0.481 e. The van der Waals surface area contributed by atoms with Gasteiger partial charge in [-0.1, -0.05) is 48.0 Å². The molecule has 2 nitrogen and oxygen atoms in total. The fraction of sp³-hybridized carbons (Fsp3) is 0.154. The van der Waals surface area contributed by atoms with E-state index in [2.05, 4.69) is 49.4 Å². The summed E-state index contributed by atoms with van der Waals surface area (Å²) in [7, 11) is 0. The normalized spacial score (nSPS) is 9.20. The highest BCUT2D eigenvalue weighted by molar-refractivity contribution is 5.82. The van der Waals surface area contributed by atoms with E-state index in [4.69, 9.17) is 9.90 Å². The number of hydrogen-bond acceptors (Lipinski definition) is 1. The lowest BCUT2D eigenvalue weighted by molar-refractivity contribution is -0.134. The predicted molar refractivity (Wildman–Crippen MR) is 62.0 cm³/mol. The Labute approximate surface area is 89.2 Å². The number of carboxylic acids is 1. The monoisotopic (exact) mass is 202 g/mol. The first-order chi connectivity index (χ1) is 7.09. The number of carbonyl (C=O) groups is 1. The van der Waals surface area contributed by atoms with Crippen molar-refractivity contribution in [2.45, 2.75) is 13.8 Å². The third-order valence-electron chi connectivity index (χ3n) is 1.90. The van der Waals surface area contributed by atoms with Crippen molar-refractivity contribution in [3.63, 3.8) is 0 Å². The lowest BCUT2D eigenvalue weighted by atomic mass is 10.1. The van der Waals surface area contributed by atoms with Crippen LogP contribution < -0.4 is 0 Å². The van der Waals surface area contributed by atoms with Crippen LogP contribution in [0.3, 0.4) is 0 Å². The van der Waals surface area contributed by atoms with E-state index in [1.807, 2.05) is 0 Å². The molecular weight excluding hydrogens is 188 g/mol. The number of hydrogen-bond donors (Lipinski definition) is 1. The second-order valence-corrected chi connectivity index (χ2v) is 3.37. The lowest BCUT2D eigenvalue weighted by Crippen LogP contribution is -1.78. The second-order valence-electron chi connectivity index (χ2n) is 3.37. The van der Waals surface area contributed by atoms with Gasteiger partial charge in [-0.2, -0.15) is 0 Å². The van der Waals surface area contributed by atoms with Gasteiger partial charge in [0.25, 0.3) is 5.97 Å². The molecule has 0 heterocycles. The minimum atomic E-state index is -0.833. The van der Waals surface area contributed by atoms with Crippen molar-refractivity contribution in [2.24, 2.45) is 0 Å². The molecule has 15 heavy (non-hydrogen) atoms. The minimum Gasteiger partial charge on any atom is -0.481 e. The van der Waals surface area contributed by atoms with Gasteiger partial charge in [0.05, 0.1) is 0 Å². The third kappa shape index (κ3) is 3.81. The minimum absolute atomic E-state index is 0.833. The second kappa shape index (κ2) is 5.15. The standard InChI is InChI=1S/C11H10.C2H4O2/c1-9-6-7-10-4-2-3-5-11(10)8-9;1-2(3)4/h2-8H,1H3;1H3,(H,3,4).